The molecule has 1 amide bonds. The van der Waals surface area contributed by atoms with E-state index in [-0.39, 0.29) is 29.4 Å². The van der Waals surface area contributed by atoms with Crippen molar-refractivity contribution in [1.82, 2.24) is 24.4 Å². The summed E-state index contributed by atoms with van der Waals surface area (Å²) < 4.78 is 25.7. The molecule has 2 heterocycles. The number of anilines is 1. The Labute approximate surface area is 262 Å². The number of hydrogen-bond acceptors (Lipinski definition) is 9. The van der Waals surface area contributed by atoms with Gasteiger partial charge in [0.1, 0.15) is 12.4 Å². The van der Waals surface area contributed by atoms with E-state index < -0.39 is 34.7 Å². The smallest absolute Gasteiger partial charge is 0.409 e. The number of carbonyl (C=O) groups is 1. The number of hydrogen-bond donors (Lipinski definition) is 3. The monoisotopic (exact) mass is 647 g/mol. The largest absolute Gasteiger partial charge is 0.695 e. The van der Waals surface area contributed by atoms with Crippen LogP contribution < -0.4 is 5.32 Å². The lowest BCUT2D eigenvalue weighted by molar-refractivity contribution is 0.0178. The number of aliphatic hydroxyl groups excluding tert-OH is 1. The number of aliphatic hydroxyl groups is 1. The Morgan fingerprint density at radius 3 is 2.25 bits per heavy atom. The second kappa shape index (κ2) is 15.6. The van der Waals surface area contributed by atoms with Crippen molar-refractivity contribution in [2.45, 2.75) is 84.3 Å². The van der Waals surface area contributed by atoms with Crippen LogP contribution in [0.25, 0.3) is 11.2 Å². The molecule has 0 saturated heterocycles. The summed E-state index contributed by atoms with van der Waals surface area (Å²) in [6, 6.07) is 8.40. The van der Waals surface area contributed by atoms with Gasteiger partial charge in [-0.3, -0.25) is 4.79 Å². The van der Waals surface area contributed by atoms with Crippen LogP contribution in [0.3, 0.4) is 0 Å². The van der Waals surface area contributed by atoms with Crippen molar-refractivity contribution >= 4 is 39.5 Å². The van der Waals surface area contributed by atoms with Crippen LogP contribution in [0.15, 0.2) is 43.0 Å². The molecule has 0 aliphatic heterocycles. The van der Waals surface area contributed by atoms with Crippen LogP contribution in [-0.2, 0) is 13.5 Å². The van der Waals surface area contributed by atoms with Crippen molar-refractivity contribution in [2.24, 2.45) is 5.92 Å². The molecule has 44 heavy (non-hydrogen) atoms. The topological polar surface area (TPSA) is 152 Å². The normalized spacial score (nSPS) is 20.8. The summed E-state index contributed by atoms with van der Waals surface area (Å²) in [6.45, 7) is 20.4. The number of rotatable bonds is 11. The SMILES string of the molecule is CC(C)(C)[Si](C)(C)O[C@@H]1[C@H](O[P+](=O)O)[C@@H](CO)C[C@H]1n1cnc2c(NC(=O)c3ccccc3)ncnc21.CCN(CC)CC. The van der Waals surface area contributed by atoms with Gasteiger partial charge in [-0.15, -0.1) is 9.42 Å². The van der Waals surface area contributed by atoms with Crippen molar-refractivity contribution in [3.05, 3.63) is 48.5 Å². The lowest BCUT2D eigenvalue weighted by Gasteiger charge is -2.40. The van der Waals surface area contributed by atoms with E-state index in [2.05, 4.69) is 79.8 Å². The molecule has 3 N–H and O–H groups in total. The highest BCUT2D eigenvalue weighted by Crippen LogP contribution is 2.47. The number of aromatic nitrogens is 4. The Kier molecular flexibility index (Phi) is 12.7. The Bertz CT molecular complexity index is 1380. The Hall–Kier alpha value is -2.64. The maximum absolute atomic E-state index is 12.7. The molecule has 14 heteroatoms. The Morgan fingerprint density at radius 1 is 1.09 bits per heavy atom. The van der Waals surface area contributed by atoms with Gasteiger partial charge in [-0.1, -0.05) is 59.7 Å². The second-order valence-corrected chi connectivity index (χ2v) is 17.8. The van der Waals surface area contributed by atoms with Crippen molar-refractivity contribution in [3.8, 4) is 0 Å². The van der Waals surface area contributed by atoms with Gasteiger partial charge in [0.05, 0.1) is 18.5 Å². The molecular formula is C30H48N6O6PSi+. The van der Waals surface area contributed by atoms with Crippen LogP contribution in [0.5, 0.6) is 0 Å². The van der Waals surface area contributed by atoms with E-state index in [9.17, 15) is 19.4 Å². The van der Waals surface area contributed by atoms with Gasteiger partial charge < -0.3 is 24.3 Å². The third-order valence-corrected chi connectivity index (χ3v) is 13.6. The molecule has 12 nitrogen and oxygen atoms in total. The third kappa shape index (κ3) is 8.54. The molecule has 4 rings (SSSR count). The highest BCUT2D eigenvalue weighted by atomic mass is 31.1. The molecule has 242 valence electrons. The van der Waals surface area contributed by atoms with Crippen molar-refractivity contribution < 1.29 is 28.3 Å². The first-order chi connectivity index (χ1) is 20.8. The summed E-state index contributed by atoms with van der Waals surface area (Å²) in [5.74, 6) is -0.486. The molecule has 1 aliphatic carbocycles. The van der Waals surface area contributed by atoms with Crippen LogP contribution in [0, 0.1) is 5.92 Å². The second-order valence-electron chi connectivity index (χ2n) is 12.4. The predicted molar refractivity (Wildman–Crippen MR) is 174 cm³/mol. The van der Waals surface area contributed by atoms with E-state index in [1.165, 1.54) is 26.0 Å². The fraction of sp³-hybridized carbons (Fsp3) is 0.600. The summed E-state index contributed by atoms with van der Waals surface area (Å²) in [6.07, 6.45) is 1.94. The fourth-order valence-electron chi connectivity index (χ4n) is 5.05. The Balaban J connectivity index is 0.000000676. The first-order valence-electron chi connectivity index (χ1n) is 15.2. The van der Waals surface area contributed by atoms with E-state index in [0.717, 1.165) is 0 Å². The highest BCUT2D eigenvalue weighted by Gasteiger charge is 2.53. The predicted octanol–water partition coefficient (Wildman–Crippen LogP) is 5.41. The summed E-state index contributed by atoms with van der Waals surface area (Å²) in [4.78, 5) is 37.8. The van der Waals surface area contributed by atoms with Crippen molar-refractivity contribution in [3.63, 3.8) is 0 Å². The molecule has 3 aromatic rings. The summed E-state index contributed by atoms with van der Waals surface area (Å²) >= 11 is 0. The zero-order valence-corrected chi connectivity index (χ0v) is 29.0. The van der Waals surface area contributed by atoms with Gasteiger partial charge in [0.15, 0.2) is 25.3 Å². The third-order valence-electron chi connectivity index (χ3n) is 8.72. The summed E-state index contributed by atoms with van der Waals surface area (Å²) in [5.41, 5.74) is 1.35. The van der Waals surface area contributed by atoms with Gasteiger partial charge in [0.2, 0.25) is 0 Å². The molecule has 1 aromatic carbocycles. The van der Waals surface area contributed by atoms with E-state index in [1.807, 2.05) is 10.6 Å². The van der Waals surface area contributed by atoms with E-state index in [0.29, 0.717) is 23.1 Å². The number of fused-ring (bicyclic) bond motifs is 1. The first-order valence-corrected chi connectivity index (χ1v) is 19.2. The minimum absolute atomic E-state index is 0.130. The molecule has 2 aromatic heterocycles. The number of benzene rings is 1. The standard InChI is InChI=1S/C24H32N5O6PSi.C6H15N/c1-24(2,3)37(4,5)35-20-17(11-16(12-30)19(20)34-36(32)33)29-14-27-18-21(25-13-26-22(18)29)28-23(31)15-9-7-6-8-10-15;1-4-7(5-2)6-3/h6-10,13-14,16-17,19-20,30H,11-12H2,1-5H3,(H-,25,26,28,31,32,33);4-6H2,1-3H3/p+1/t16-,17-,19-,20+;/m1./s1. The van der Waals surface area contributed by atoms with Gasteiger partial charge >= 0.3 is 8.25 Å². The number of imidazole rings is 1. The molecule has 1 fully saturated rings. The quantitative estimate of drug-likeness (QED) is 0.182. The molecule has 0 bridgehead atoms. The van der Waals surface area contributed by atoms with Crippen molar-refractivity contribution in [2.75, 3.05) is 31.6 Å². The highest BCUT2D eigenvalue weighted by molar-refractivity contribution is 7.32. The molecule has 1 saturated carbocycles. The molecule has 1 aliphatic rings. The van der Waals surface area contributed by atoms with Crippen molar-refractivity contribution in [1.29, 1.82) is 0 Å². The number of carbonyl (C=O) groups excluding carboxylic acids is 1. The molecule has 5 atom stereocenters. The minimum Gasteiger partial charge on any atom is -0.409 e. The number of nitrogens with zero attached hydrogens (tertiary/aromatic N) is 5. The molecule has 1 unspecified atom stereocenters. The number of nitrogens with one attached hydrogen (secondary N) is 1. The van der Waals surface area contributed by atoms with Crippen LogP contribution in [0.2, 0.25) is 18.1 Å². The van der Waals surface area contributed by atoms with Crippen LogP contribution >= 0.6 is 8.25 Å². The average Bonchev–Trinajstić information content (AvgIpc) is 3.55. The van der Waals surface area contributed by atoms with Crippen LogP contribution in [0.1, 0.15) is 64.4 Å². The Morgan fingerprint density at radius 2 is 1.73 bits per heavy atom. The van der Waals surface area contributed by atoms with Crippen LogP contribution in [0.4, 0.5) is 5.82 Å². The lowest BCUT2D eigenvalue weighted by atomic mass is 10.1. The van der Waals surface area contributed by atoms with E-state index >= 15 is 0 Å². The summed E-state index contributed by atoms with van der Waals surface area (Å²) in [7, 11) is -5.27. The lowest BCUT2D eigenvalue weighted by Crippen LogP contribution is -2.48. The molecule has 0 radical (unpaired) electrons. The minimum atomic E-state index is -2.91. The molecular weight excluding hydrogens is 599 g/mol. The van der Waals surface area contributed by atoms with Gasteiger partial charge in [-0.25, -0.2) is 15.0 Å². The molecule has 0 spiro atoms. The van der Waals surface area contributed by atoms with Gasteiger partial charge in [0.25, 0.3) is 5.91 Å². The van der Waals surface area contributed by atoms with Crippen LogP contribution in [-0.4, -0.2) is 87.1 Å². The average molecular weight is 648 g/mol. The van der Waals surface area contributed by atoms with Gasteiger partial charge in [0, 0.05) is 22.7 Å². The number of amides is 1. The zero-order chi connectivity index (χ0) is 32.7. The van der Waals surface area contributed by atoms with Gasteiger partial charge in [-0.05, 0) is 56.3 Å². The summed E-state index contributed by atoms with van der Waals surface area (Å²) in [5, 5.41) is 12.8. The van der Waals surface area contributed by atoms with E-state index in [4.69, 9.17) is 8.95 Å². The fourth-order valence-corrected chi connectivity index (χ4v) is 6.88. The maximum atomic E-state index is 12.7. The first kappa shape index (κ1) is 35.8. The zero-order valence-electron chi connectivity index (χ0n) is 27.1. The maximum Gasteiger partial charge on any atom is 0.695 e. The van der Waals surface area contributed by atoms with E-state index in [1.54, 1.807) is 30.6 Å². The van der Waals surface area contributed by atoms with Gasteiger partial charge in [-0.2, -0.15) is 0 Å².